The Morgan fingerprint density at radius 1 is 1.32 bits per heavy atom. The smallest absolute Gasteiger partial charge is 0.240 e. The van der Waals surface area contributed by atoms with Gasteiger partial charge in [0.1, 0.15) is 6.07 Å². The minimum Gasteiger partial charge on any atom is -0.369 e. The van der Waals surface area contributed by atoms with Crippen LogP contribution in [-0.2, 0) is 6.54 Å². The summed E-state index contributed by atoms with van der Waals surface area (Å²) in [6.45, 7) is 6.13. The number of anilines is 1. The summed E-state index contributed by atoms with van der Waals surface area (Å²) in [4.78, 5) is 8.78. The van der Waals surface area contributed by atoms with Crippen LogP contribution in [0.15, 0.2) is 22.7 Å². The number of nitrogens with zero attached hydrogens (tertiary/aromatic N) is 5. The lowest BCUT2D eigenvalue weighted by atomic mass is 10.2. The van der Waals surface area contributed by atoms with Crippen LogP contribution in [-0.4, -0.2) is 41.2 Å². The molecular formula is C15H16ClN5O. The molecule has 0 unspecified atom stereocenters. The number of benzene rings is 1. The van der Waals surface area contributed by atoms with E-state index in [1.54, 1.807) is 6.07 Å². The SMILES string of the molecule is Cc1noc(CN2CCN(c3ccc(C#N)c(Cl)c3)CC2)n1. The molecule has 3 rings (SSSR count). The van der Waals surface area contributed by atoms with Gasteiger partial charge in [-0.05, 0) is 25.1 Å². The zero-order valence-corrected chi connectivity index (χ0v) is 13.0. The van der Waals surface area contributed by atoms with Gasteiger partial charge < -0.3 is 9.42 Å². The molecule has 6 nitrogen and oxygen atoms in total. The lowest BCUT2D eigenvalue weighted by molar-refractivity contribution is 0.215. The number of nitriles is 1. The van der Waals surface area contributed by atoms with E-state index in [9.17, 15) is 0 Å². The number of aromatic nitrogens is 2. The Morgan fingerprint density at radius 2 is 2.09 bits per heavy atom. The summed E-state index contributed by atoms with van der Waals surface area (Å²) in [5.41, 5.74) is 1.56. The highest BCUT2D eigenvalue weighted by atomic mass is 35.5. The summed E-state index contributed by atoms with van der Waals surface area (Å²) in [5.74, 6) is 1.33. The van der Waals surface area contributed by atoms with Crippen molar-refractivity contribution in [1.29, 1.82) is 5.26 Å². The molecule has 0 bridgehead atoms. The Balaban J connectivity index is 1.59. The largest absolute Gasteiger partial charge is 0.369 e. The molecule has 0 radical (unpaired) electrons. The molecule has 2 aromatic rings. The standard InChI is InChI=1S/C15H16ClN5O/c1-11-18-15(22-19-11)10-20-4-6-21(7-5-20)13-3-2-12(9-17)14(16)8-13/h2-3,8H,4-7,10H2,1H3. The molecule has 114 valence electrons. The van der Waals surface area contributed by atoms with Crippen molar-refractivity contribution in [3.63, 3.8) is 0 Å². The van der Waals surface area contributed by atoms with Crippen LogP contribution in [0.1, 0.15) is 17.3 Å². The van der Waals surface area contributed by atoms with Gasteiger partial charge >= 0.3 is 0 Å². The van der Waals surface area contributed by atoms with Gasteiger partial charge in [0.25, 0.3) is 0 Å². The first-order valence-corrected chi connectivity index (χ1v) is 7.49. The van der Waals surface area contributed by atoms with Crippen LogP contribution in [0.4, 0.5) is 5.69 Å². The van der Waals surface area contributed by atoms with Crippen molar-refractivity contribution in [1.82, 2.24) is 15.0 Å². The highest BCUT2D eigenvalue weighted by molar-refractivity contribution is 6.32. The molecule has 1 saturated heterocycles. The zero-order valence-electron chi connectivity index (χ0n) is 12.3. The van der Waals surface area contributed by atoms with Crippen LogP contribution in [0.2, 0.25) is 5.02 Å². The lowest BCUT2D eigenvalue weighted by Crippen LogP contribution is -2.46. The summed E-state index contributed by atoms with van der Waals surface area (Å²) in [6, 6.07) is 7.65. The normalized spacial score (nSPS) is 15.8. The molecule has 22 heavy (non-hydrogen) atoms. The van der Waals surface area contributed by atoms with Crippen LogP contribution in [0.5, 0.6) is 0 Å². The summed E-state index contributed by atoms with van der Waals surface area (Å²) >= 11 is 6.10. The Labute approximate surface area is 133 Å². The highest BCUT2D eigenvalue weighted by Crippen LogP contribution is 2.24. The Bertz CT molecular complexity index is 700. The van der Waals surface area contributed by atoms with Crippen molar-refractivity contribution in [2.24, 2.45) is 0 Å². The quantitative estimate of drug-likeness (QED) is 0.864. The molecule has 0 aliphatic carbocycles. The third-order valence-electron chi connectivity index (χ3n) is 3.74. The second-order valence-corrected chi connectivity index (χ2v) is 5.68. The van der Waals surface area contributed by atoms with Crippen LogP contribution in [0, 0.1) is 18.3 Å². The fraction of sp³-hybridized carbons (Fsp3) is 0.400. The predicted octanol–water partition coefficient (Wildman–Crippen LogP) is 2.23. The Morgan fingerprint density at radius 3 is 2.68 bits per heavy atom. The van der Waals surface area contributed by atoms with Gasteiger partial charge in [-0.1, -0.05) is 16.8 Å². The van der Waals surface area contributed by atoms with Gasteiger partial charge in [0.05, 0.1) is 17.1 Å². The fourth-order valence-electron chi connectivity index (χ4n) is 2.55. The maximum absolute atomic E-state index is 8.92. The Hall–Kier alpha value is -2.10. The van der Waals surface area contributed by atoms with Gasteiger partial charge in [0.15, 0.2) is 5.82 Å². The van der Waals surface area contributed by atoms with Crippen molar-refractivity contribution in [2.75, 3.05) is 31.1 Å². The van der Waals surface area contributed by atoms with Gasteiger partial charge in [-0.25, -0.2) is 0 Å². The fourth-order valence-corrected chi connectivity index (χ4v) is 2.77. The topological polar surface area (TPSA) is 69.2 Å². The van der Waals surface area contributed by atoms with E-state index in [2.05, 4.69) is 26.0 Å². The minimum atomic E-state index is 0.503. The third-order valence-corrected chi connectivity index (χ3v) is 4.05. The second-order valence-electron chi connectivity index (χ2n) is 5.27. The number of hydrogen-bond donors (Lipinski definition) is 0. The van der Waals surface area contributed by atoms with Crippen LogP contribution in [0.3, 0.4) is 0 Å². The molecule has 1 aliphatic heterocycles. The van der Waals surface area contributed by atoms with E-state index < -0.39 is 0 Å². The van der Waals surface area contributed by atoms with Crippen LogP contribution in [0.25, 0.3) is 0 Å². The van der Waals surface area contributed by atoms with Crippen molar-refractivity contribution in [2.45, 2.75) is 13.5 Å². The van der Waals surface area contributed by atoms with Crippen LogP contribution >= 0.6 is 11.6 Å². The zero-order chi connectivity index (χ0) is 15.5. The summed E-state index contributed by atoms with van der Waals surface area (Å²) in [6.07, 6.45) is 0. The molecule has 1 aliphatic rings. The number of halogens is 1. The lowest BCUT2D eigenvalue weighted by Gasteiger charge is -2.35. The predicted molar refractivity (Wildman–Crippen MR) is 82.7 cm³/mol. The van der Waals surface area contributed by atoms with Gasteiger partial charge in [-0.3, -0.25) is 4.90 Å². The van der Waals surface area contributed by atoms with Crippen molar-refractivity contribution in [3.05, 3.63) is 40.5 Å². The highest BCUT2D eigenvalue weighted by Gasteiger charge is 2.19. The average molecular weight is 318 g/mol. The third kappa shape index (κ3) is 3.21. The van der Waals surface area contributed by atoms with Crippen LogP contribution < -0.4 is 4.90 Å². The molecule has 0 N–H and O–H groups in total. The van der Waals surface area contributed by atoms with E-state index in [1.165, 1.54) is 0 Å². The van der Waals surface area contributed by atoms with Crippen molar-refractivity contribution < 1.29 is 4.52 Å². The maximum Gasteiger partial charge on any atom is 0.240 e. The molecule has 0 atom stereocenters. The number of rotatable bonds is 3. The molecule has 1 fully saturated rings. The number of piperazine rings is 1. The molecule has 0 saturated carbocycles. The first kappa shape index (κ1) is 14.8. The van der Waals surface area contributed by atoms with Gasteiger partial charge in [0.2, 0.25) is 5.89 Å². The summed E-state index contributed by atoms with van der Waals surface area (Å²) < 4.78 is 5.16. The van der Waals surface area contributed by atoms with E-state index in [0.717, 1.165) is 31.9 Å². The summed E-state index contributed by atoms with van der Waals surface area (Å²) in [7, 11) is 0. The van der Waals surface area contributed by atoms with E-state index in [0.29, 0.717) is 28.8 Å². The molecule has 7 heteroatoms. The molecule has 1 aromatic carbocycles. The monoisotopic (exact) mass is 317 g/mol. The molecule has 0 spiro atoms. The van der Waals surface area contributed by atoms with Crippen molar-refractivity contribution >= 4 is 17.3 Å². The first-order valence-electron chi connectivity index (χ1n) is 7.12. The number of aryl methyl sites for hydroxylation is 1. The average Bonchev–Trinajstić information content (AvgIpc) is 2.93. The van der Waals surface area contributed by atoms with E-state index in [4.69, 9.17) is 21.4 Å². The van der Waals surface area contributed by atoms with Gasteiger partial charge in [0, 0.05) is 31.9 Å². The number of hydrogen-bond acceptors (Lipinski definition) is 6. The van der Waals surface area contributed by atoms with E-state index in [1.807, 2.05) is 19.1 Å². The van der Waals surface area contributed by atoms with Gasteiger partial charge in [-0.2, -0.15) is 10.2 Å². The second kappa shape index (κ2) is 6.34. The molecular weight excluding hydrogens is 302 g/mol. The summed E-state index contributed by atoms with van der Waals surface area (Å²) in [5, 5.41) is 13.2. The Kier molecular flexibility index (Phi) is 4.27. The van der Waals surface area contributed by atoms with E-state index in [-0.39, 0.29) is 0 Å². The first-order chi connectivity index (χ1) is 10.7. The van der Waals surface area contributed by atoms with Crippen molar-refractivity contribution in [3.8, 4) is 6.07 Å². The van der Waals surface area contributed by atoms with Gasteiger partial charge in [-0.15, -0.1) is 0 Å². The molecule has 1 aromatic heterocycles. The minimum absolute atomic E-state index is 0.503. The molecule has 2 heterocycles. The van der Waals surface area contributed by atoms with E-state index >= 15 is 0 Å². The molecule has 0 amide bonds. The maximum atomic E-state index is 8.92.